The highest BCUT2D eigenvalue weighted by Gasteiger charge is 2.37. The van der Waals surface area contributed by atoms with Gasteiger partial charge < -0.3 is 21.5 Å². The molecule has 0 aromatic heterocycles. The molecule has 98 valence electrons. The summed E-state index contributed by atoms with van der Waals surface area (Å²) in [6, 6.07) is -0.646. The van der Waals surface area contributed by atoms with Crippen molar-refractivity contribution in [2.24, 2.45) is 11.5 Å². The molecule has 6 nitrogen and oxygen atoms in total. The van der Waals surface area contributed by atoms with E-state index < -0.39 is 18.1 Å². The van der Waals surface area contributed by atoms with Crippen LogP contribution in [0.15, 0.2) is 0 Å². The SMILES string of the molecule is NCCCCCC(=O)N1CC(O)CC1C(N)=O. The minimum absolute atomic E-state index is 0.109. The predicted octanol–water partition coefficient (Wildman–Crippen LogP) is -1.05. The van der Waals surface area contributed by atoms with E-state index >= 15 is 0 Å². The first kappa shape index (κ1) is 13.9. The molecule has 0 spiro atoms. The molecule has 1 fully saturated rings. The predicted molar refractivity (Wildman–Crippen MR) is 62.8 cm³/mol. The molecule has 1 aliphatic rings. The van der Waals surface area contributed by atoms with Gasteiger partial charge in [0.1, 0.15) is 6.04 Å². The first-order valence-corrected chi connectivity index (χ1v) is 6.03. The fourth-order valence-electron chi connectivity index (χ4n) is 2.10. The van der Waals surface area contributed by atoms with Crippen LogP contribution in [0.25, 0.3) is 0 Å². The second-order valence-corrected chi connectivity index (χ2v) is 4.45. The van der Waals surface area contributed by atoms with Crippen LogP contribution in [0.3, 0.4) is 0 Å². The fourth-order valence-corrected chi connectivity index (χ4v) is 2.10. The number of hydrogen-bond donors (Lipinski definition) is 3. The van der Waals surface area contributed by atoms with E-state index in [2.05, 4.69) is 0 Å². The summed E-state index contributed by atoms with van der Waals surface area (Å²) in [5, 5.41) is 9.46. The van der Waals surface area contributed by atoms with Crippen molar-refractivity contribution in [1.82, 2.24) is 4.90 Å². The van der Waals surface area contributed by atoms with Crippen molar-refractivity contribution in [2.45, 2.75) is 44.2 Å². The zero-order valence-electron chi connectivity index (χ0n) is 9.97. The van der Waals surface area contributed by atoms with Crippen LogP contribution in [0.2, 0.25) is 0 Å². The molecule has 0 bridgehead atoms. The number of likely N-dealkylation sites (tertiary alicyclic amines) is 1. The summed E-state index contributed by atoms with van der Waals surface area (Å²) in [7, 11) is 0. The Morgan fingerprint density at radius 3 is 2.59 bits per heavy atom. The Balaban J connectivity index is 2.41. The Hall–Kier alpha value is -1.14. The standard InChI is InChI=1S/C11H21N3O3/c12-5-3-1-2-4-10(16)14-7-8(15)6-9(14)11(13)17/h8-9,15H,1-7,12H2,(H2,13,17). The molecule has 1 aliphatic heterocycles. The molecule has 0 aliphatic carbocycles. The number of aliphatic hydroxyl groups is 1. The van der Waals surface area contributed by atoms with Gasteiger partial charge in [-0.05, 0) is 19.4 Å². The molecule has 1 rings (SSSR count). The van der Waals surface area contributed by atoms with Crippen molar-refractivity contribution in [1.29, 1.82) is 0 Å². The number of nitrogens with zero attached hydrogens (tertiary/aromatic N) is 1. The molecule has 2 amide bonds. The Morgan fingerprint density at radius 1 is 1.29 bits per heavy atom. The summed E-state index contributed by atoms with van der Waals surface area (Å²) in [6.07, 6.45) is 2.56. The number of unbranched alkanes of at least 4 members (excludes halogenated alkanes) is 2. The lowest BCUT2D eigenvalue weighted by molar-refractivity contribution is -0.137. The minimum atomic E-state index is -0.646. The zero-order valence-corrected chi connectivity index (χ0v) is 9.97. The maximum atomic E-state index is 11.8. The lowest BCUT2D eigenvalue weighted by atomic mass is 10.1. The minimum Gasteiger partial charge on any atom is -0.391 e. The van der Waals surface area contributed by atoms with E-state index in [0.29, 0.717) is 13.0 Å². The Labute approximate surface area is 101 Å². The molecule has 0 aromatic carbocycles. The van der Waals surface area contributed by atoms with E-state index in [-0.39, 0.29) is 18.9 Å². The molecule has 1 saturated heterocycles. The maximum absolute atomic E-state index is 11.8. The van der Waals surface area contributed by atoms with E-state index in [9.17, 15) is 14.7 Å². The maximum Gasteiger partial charge on any atom is 0.240 e. The molecule has 0 aromatic rings. The lowest BCUT2D eigenvalue weighted by Crippen LogP contribution is -2.43. The van der Waals surface area contributed by atoms with Gasteiger partial charge in [0.25, 0.3) is 0 Å². The van der Waals surface area contributed by atoms with Crippen LogP contribution in [-0.4, -0.2) is 47.1 Å². The molecular formula is C11H21N3O3. The average molecular weight is 243 g/mol. The fraction of sp³-hybridized carbons (Fsp3) is 0.818. The molecule has 5 N–H and O–H groups in total. The van der Waals surface area contributed by atoms with Crippen LogP contribution < -0.4 is 11.5 Å². The zero-order chi connectivity index (χ0) is 12.8. The largest absolute Gasteiger partial charge is 0.391 e. The molecular weight excluding hydrogens is 222 g/mol. The molecule has 1 heterocycles. The van der Waals surface area contributed by atoms with Crippen molar-refractivity contribution in [3.05, 3.63) is 0 Å². The summed E-state index contributed by atoms with van der Waals surface area (Å²) < 4.78 is 0. The van der Waals surface area contributed by atoms with Crippen LogP contribution >= 0.6 is 0 Å². The molecule has 0 radical (unpaired) electrons. The monoisotopic (exact) mass is 243 g/mol. The topological polar surface area (TPSA) is 110 Å². The van der Waals surface area contributed by atoms with Crippen molar-refractivity contribution in [3.8, 4) is 0 Å². The Morgan fingerprint density at radius 2 is 2.00 bits per heavy atom. The van der Waals surface area contributed by atoms with Crippen LogP contribution in [0, 0.1) is 0 Å². The van der Waals surface area contributed by atoms with Crippen LogP contribution in [0.4, 0.5) is 0 Å². The van der Waals surface area contributed by atoms with Crippen LogP contribution in [-0.2, 0) is 9.59 Å². The number of aliphatic hydroxyl groups excluding tert-OH is 1. The number of carbonyl (C=O) groups is 2. The number of hydrogen-bond acceptors (Lipinski definition) is 4. The van der Waals surface area contributed by atoms with Gasteiger partial charge in [-0.25, -0.2) is 0 Å². The lowest BCUT2D eigenvalue weighted by Gasteiger charge is -2.21. The van der Waals surface area contributed by atoms with E-state index in [1.165, 1.54) is 4.90 Å². The van der Waals surface area contributed by atoms with Gasteiger partial charge in [0, 0.05) is 19.4 Å². The van der Waals surface area contributed by atoms with Gasteiger partial charge in [0.05, 0.1) is 6.10 Å². The number of nitrogens with two attached hydrogens (primary N) is 2. The number of rotatable bonds is 6. The van der Waals surface area contributed by atoms with E-state index in [4.69, 9.17) is 11.5 Å². The molecule has 0 saturated carbocycles. The van der Waals surface area contributed by atoms with E-state index in [1.54, 1.807) is 0 Å². The number of carbonyl (C=O) groups excluding carboxylic acids is 2. The van der Waals surface area contributed by atoms with Crippen molar-refractivity contribution in [3.63, 3.8) is 0 Å². The van der Waals surface area contributed by atoms with Gasteiger partial charge >= 0.3 is 0 Å². The van der Waals surface area contributed by atoms with Crippen molar-refractivity contribution in [2.75, 3.05) is 13.1 Å². The van der Waals surface area contributed by atoms with Crippen LogP contribution in [0.5, 0.6) is 0 Å². The Bertz CT molecular complexity index is 283. The summed E-state index contributed by atoms with van der Waals surface area (Å²) in [5.41, 5.74) is 10.6. The third-order valence-corrected chi connectivity index (χ3v) is 3.02. The Kier molecular flexibility index (Phi) is 5.37. The van der Waals surface area contributed by atoms with Gasteiger partial charge in [-0.2, -0.15) is 0 Å². The molecule has 2 atom stereocenters. The van der Waals surface area contributed by atoms with Crippen molar-refractivity contribution >= 4 is 11.8 Å². The molecule has 6 heteroatoms. The summed E-state index contributed by atoms with van der Waals surface area (Å²) in [5.74, 6) is -0.653. The quantitative estimate of drug-likeness (QED) is 0.517. The second-order valence-electron chi connectivity index (χ2n) is 4.45. The van der Waals surface area contributed by atoms with Gasteiger partial charge in [-0.15, -0.1) is 0 Å². The summed E-state index contributed by atoms with van der Waals surface area (Å²) >= 11 is 0. The highest BCUT2D eigenvalue weighted by atomic mass is 16.3. The first-order valence-electron chi connectivity index (χ1n) is 6.03. The average Bonchev–Trinajstić information content (AvgIpc) is 2.66. The molecule has 2 unspecified atom stereocenters. The number of β-amino-alcohol motifs (C(OH)–C–C–N with tert-alkyl or cyclic N) is 1. The van der Waals surface area contributed by atoms with Gasteiger partial charge in [0.2, 0.25) is 11.8 Å². The normalized spacial score (nSPS) is 24.0. The third-order valence-electron chi connectivity index (χ3n) is 3.02. The van der Waals surface area contributed by atoms with Gasteiger partial charge in [-0.3, -0.25) is 9.59 Å². The highest BCUT2D eigenvalue weighted by Crippen LogP contribution is 2.19. The second kappa shape index (κ2) is 6.56. The number of amides is 2. The van der Waals surface area contributed by atoms with Crippen molar-refractivity contribution < 1.29 is 14.7 Å². The number of primary amides is 1. The van der Waals surface area contributed by atoms with Gasteiger partial charge in [0.15, 0.2) is 0 Å². The van der Waals surface area contributed by atoms with Gasteiger partial charge in [-0.1, -0.05) is 6.42 Å². The third kappa shape index (κ3) is 3.98. The van der Waals surface area contributed by atoms with E-state index in [0.717, 1.165) is 19.3 Å². The molecule has 17 heavy (non-hydrogen) atoms. The highest BCUT2D eigenvalue weighted by molar-refractivity contribution is 5.87. The smallest absolute Gasteiger partial charge is 0.240 e. The first-order chi connectivity index (χ1) is 8.06. The summed E-state index contributed by atoms with van der Waals surface area (Å²) in [4.78, 5) is 24.4. The van der Waals surface area contributed by atoms with E-state index in [1.807, 2.05) is 0 Å². The van der Waals surface area contributed by atoms with Crippen LogP contribution in [0.1, 0.15) is 32.1 Å². The summed E-state index contributed by atoms with van der Waals surface area (Å²) in [6.45, 7) is 0.837.